The Morgan fingerprint density at radius 2 is 2.29 bits per heavy atom. The lowest BCUT2D eigenvalue weighted by atomic mass is 10.5. The lowest BCUT2D eigenvalue weighted by Gasteiger charge is -2.20. The molecule has 0 atom stereocenters. The van der Waals surface area contributed by atoms with Crippen molar-refractivity contribution < 1.29 is 9.47 Å². The van der Waals surface area contributed by atoms with E-state index in [0.29, 0.717) is 12.4 Å². The SMILES string of the molecule is CCOCC(Cl)(Cl)Oc1cccnc1. The summed E-state index contributed by atoms with van der Waals surface area (Å²) in [7, 11) is 0. The summed E-state index contributed by atoms with van der Waals surface area (Å²) in [4.78, 5) is 3.87. The number of hydrogen-bond donors (Lipinski definition) is 0. The molecule has 78 valence electrons. The molecule has 0 spiro atoms. The molecule has 0 saturated heterocycles. The quantitative estimate of drug-likeness (QED) is 0.736. The van der Waals surface area contributed by atoms with Crippen LogP contribution in [0.25, 0.3) is 0 Å². The minimum atomic E-state index is -1.36. The zero-order valence-electron chi connectivity index (χ0n) is 7.74. The first kappa shape index (κ1) is 11.6. The highest BCUT2D eigenvalue weighted by Crippen LogP contribution is 2.25. The third-order valence-electron chi connectivity index (χ3n) is 1.38. The molecule has 0 aliphatic carbocycles. The highest BCUT2D eigenvalue weighted by atomic mass is 35.5. The smallest absolute Gasteiger partial charge is 0.281 e. The average molecular weight is 236 g/mol. The van der Waals surface area contributed by atoms with Gasteiger partial charge in [0.2, 0.25) is 0 Å². The van der Waals surface area contributed by atoms with Crippen LogP contribution in [0.3, 0.4) is 0 Å². The van der Waals surface area contributed by atoms with E-state index in [2.05, 4.69) is 4.98 Å². The monoisotopic (exact) mass is 235 g/mol. The Hall–Kier alpha value is -0.510. The number of hydrogen-bond acceptors (Lipinski definition) is 3. The van der Waals surface area contributed by atoms with Crippen LogP contribution in [0.2, 0.25) is 0 Å². The molecule has 1 rings (SSSR count). The Morgan fingerprint density at radius 1 is 1.50 bits per heavy atom. The zero-order chi connectivity index (χ0) is 10.4. The van der Waals surface area contributed by atoms with Crippen molar-refractivity contribution >= 4 is 23.2 Å². The van der Waals surface area contributed by atoms with Crippen LogP contribution in [-0.2, 0) is 4.74 Å². The molecule has 14 heavy (non-hydrogen) atoms. The fraction of sp³-hybridized carbons (Fsp3) is 0.444. The van der Waals surface area contributed by atoms with E-state index in [9.17, 15) is 0 Å². The third-order valence-corrected chi connectivity index (χ3v) is 1.75. The lowest BCUT2D eigenvalue weighted by Crippen LogP contribution is -2.28. The minimum absolute atomic E-state index is 0.113. The molecule has 0 aliphatic rings. The van der Waals surface area contributed by atoms with Crippen LogP contribution in [0.5, 0.6) is 5.75 Å². The molecule has 0 aromatic carbocycles. The number of ether oxygens (including phenoxy) is 2. The highest BCUT2D eigenvalue weighted by molar-refractivity contribution is 6.47. The van der Waals surface area contributed by atoms with Crippen molar-refractivity contribution in [3.63, 3.8) is 0 Å². The minimum Gasteiger partial charge on any atom is -0.454 e. The van der Waals surface area contributed by atoms with Gasteiger partial charge in [0.05, 0.1) is 6.20 Å². The van der Waals surface area contributed by atoms with Gasteiger partial charge in [0, 0.05) is 12.8 Å². The first-order valence-electron chi connectivity index (χ1n) is 4.18. The molecule has 0 unspecified atom stereocenters. The second-order valence-electron chi connectivity index (χ2n) is 2.57. The summed E-state index contributed by atoms with van der Waals surface area (Å²) >= 11 is 11.7. The van der Waals surface area contributed by atoms with Crippen LogP contribution in [-0.4, -0.2) is 22.7 Å². The Morgan fingerprint density at radius 3 is 2.86 bits per heavy atom. The van der Waals surface area contributed by atoms with Gasteiger partial charge in [0.25, 0.3) is 4.52 Å². The van der Waals surface area contributed by atoms with Gasteiger partial charge in [-0.05, 0) is 19.1 Å². The van der Waals surface area contributed by atoms with E-state index < -0.39 is 4.52 Å². The summed E-state index contributed by atoms with van der Waals surface area (Å²) in [6, 6.07) is 3.46. The molecule has 0 radical (unpaired) electrons. The second kappa shape index (κ2) is 5.39. The van der Waals surface area contributed by atoms with Gasteiger partial charge in [0.1, 0.15) is 12.4 Å². The van der Waals surface area contributed by atoms with Crippen LogP contribution in [0.4, 0.5) is 0 Å². The highest BCUT2D eigenvalue weighted by Gasteiger charge is 2.26. The molecule has 0 saturated carbocycles. The molecular weight excluding hydrogens is 225 g/mol. The van der Waals surface area contributed by atoms with E-state index in [1.165, 1.54) is 6.20 Å². The number of nitrogens with zero attached hydrogens (tertiary/aromatic N) is 1. The molecule has 0 bridgehead atoms. The van der Waals surface area contributed by atoms with Crippen molar-refractivity contribution in [3.8, 4) is 5.75 Å². The van der Waals surface area contributed by atoms with E-state index in [4.69, 9.17) is 32.7 Å². The summed E-state index contributed by atoms with van der Waals surface area (Å²) < 4.78 is 8.95. The van der Waals surface area contributed by atoms with Gasteiger partial charge in [-0.1, -0.05) is 23.2 Å². The standard InChI is InChI=1S/C9H11Cl2NO2/c1-2-13-7-9(10,11)14-8-4-3-5-12-6-8/h3-6H,2,7H2,1H3. The summed E-state index contributed by atoms with van der Waals surface area (Å²) in [6.07, 6.45) is 3.17. The number of alkyl halides is 2. The van der Waals surface area contributed by atoms with Crippen molar-refractivity contribution in [2.24, 2.45) is 0 Å². The van der Waals surface area contributed by atoms with Gasteiger partial charge < -0.3 is 9.47 Å². The third kappa shape index (κ3) is 4.13. The van der Waals surface area contributed by atoms with Gasteiger partial charge in [-0.2, -0.15) is 0 Å². The molecule has 1 heterocycles. The number of halogens is 2. The Bertz CT molecular complexity index is 267. The Kier molecular flexibility index (Phi) is 4.45. The van der Waals surface area contributed by atoms with Crippen LogP contribution in [0.1, 0.15) is 6.92 Å². The van der Waals surface area contributed by atoms with Crippen molar-refractivity contribution in [2.75, 3.05) is 13.2 Å². The predicted octanol–water partition coefficient (Wildman–Crippen LogP) is 2.63. The number of rotatable bonds is 5. The average Bonchev–Trinajstić information content (AvgIpc) is 2.16. The van der Waals surface area contributed by atoms with Crippen LogP contribution < -0.4 is 4.74 Å². The first-order chi connectivity index (χ1) is 6.64. The molecule has 0 N–H and O–H groups in total. The zero-order valence-corrected chi connectivity index (χ0v) is 9.26. The van der Waals surface area contributed by atoms with Crippen molar-refractivity contribution in [3.05, 3.63) is 24.5 Å². The summed E-state index contributed by atoms with van der Waals surface area (Å²) in [5.74, 6) is 0.511. The van der Waals surface area contributed by atoms with E-state index in [0.717, 1.165) is 0 Å². The van der Waals surface area contributed by atoms with Gasteiger partial charge in [-0.3, -0.25) is 4.98 Å². The molecule has 0 aliphatic heterocycles. The van der Waals surface area contributed by atoms with E-state index in [1.54, 1.807) is 18.3 Å². The largest absolute Gasteiger partial charge is 0.454 e. The van der Waals surface area contributed by atoms with Crippen LogP contribution in [0, 0.1) is 0 Å². The fourth-order valence-corrected chi connectivity index (χ4v) is 1.16. The Balaban J connectivity index is 2.50. The molecule has 5 heteroatoms. The maximum atomic E-state index is 5.84. The molecule has 0 amide bonds. The van der Waals surface area contributed by atoms with Crippen LogP contribution >= 0.6 is 23.2 Å². The summed E-state index contributed by atoms with van der Waals surface area (Å²) in [5.41, 5.74) is 0. The normalized spacial score (nSPS) is 11.4. The molecule has 3 nitrogen and oxygen atoms in total. The summed E-state index contributed by atoms with van der Waals surface area (Å²) in [6.45, 7) is 2.51. The van der Waals surface area contributed by atoms with Gasteiger partial charge >= 0.3 is 0 Å². The lowest BCUT2D eigenvalue weighted by molar-refractivity contribution is 0.0736. The predicted molar refractivity (Wildman–Crippen MR) is 55.8 cm³/mol. The van der Waals surface area contributed by atoms with Gasteiger partial charge in [-0.15, -0.1) is 0 Å². The Labute approximate surface area is 92.9 Å². The van der Waals surface area contributed by atoms with E-state index in [-0.39, 0.29) is 6.61 Å². The first-order valence-corrected chi connectivity index (χ1v) is 4.94. The fourth-order valence-electron chi connectivity index (χ4n) is 0.830. The maximum absolute atomic E-state index is 5.84. The van der Waals surface area contributed by atoms with Crippen molar-refractivity contribution in [1.29, 1.82) is 0 Å². The molecule has 0 fully saturated rings. The maximum Gasteiger partial charge on any atom is 0.281 e. The molecular formula is C9H11Cl2NO2. The molecule has 1 aromatic heterocycles. The number of pyridine rings is 1. The van der Waals surface area contributed by atoms with Crippen LogP contribution in [0.15, 0.2) is 24.5 Å². The summed E-state index contributed by atoms with van der Waals surface area (Å²) in [5, 5.41) is 0. The van der Waals surface area contributed by atoms with Gasteiger partial charge in [-0.25, -0.2) is 0 Å². The van der Waals surface area contributed by atoms with E-state index >= 15 is 0 Å². The number of aromatic nitrogens is 1. The second-order valence-corrected chi connectivity index (χ2v) is 3.98. The van der Waals surface area contributed by atoms with Crippen molar-refractivity contribution in [2.45, 2.75) is 11.4 Å². The van der Waals surface area contributed by atoms with Gasteiger partial charge in [0.15, 0.2) is 0 Å². The topological polar surface area (TPSA) is 31.4 Å². The van der Waals surface area contributed by atoms with Crippen molar-refractivity contribution in [1.82, 2.24) is 4.98 Å². The molecule has 1 aromatic rings. The van der Waals surface area contributed by atoms with E-state index in [1.807, 2.05) is 6.92 Å².